The maximum Gasteiger partial charge on any atom is 0.274 e. The van der Waals surface area contributed by atoms with Crippen molar-refractivity contribution in [3.05, 3.63) is 33.1 Å². The summed E-state index contributed by atoms with van der Waals surface area (Å²) >= 11 is 1.45. The number of hydrogen-bond acceptors (Lipinski definition) is 4. The molecule has 6 heteroatoms. The molecule has 2 aromatic rings. The van der Waals surface area contributed by atoms with Gasteiger partial charge in [0.15, 0.2) is 10.9 Å². The molecule has 0 saturated heterocycles. The summed E-state index contributed by atoms with van der Waals surface area (Å²) in [6.45, 7) is 9.87. The number of H-pyrrole nitrogens is 1. The normalized spacial score (nSPS) is 16.3. The molecule has 0 atom stereocenters. The number of carbonyl (C=O) groups is 2. The SMILES string of the molecule is Cc1nc(NC(=O)c2[nH]c3c(c2C)C(=O)CC(C)(C)C3)sc1C. The summed E-state index contributed by atoms with van der Waals surface area (Å²) in [7, 11) is 0. The zero-order valence-electron chi connectivity index (χ0n) is 14.1. The molecule has 0 fully saturated rings. The van der Waals surface area contributed by atoms with Crippen LogP contribution < -0.4 is 5.32 Å². The van der Waals surface area contributed by atoms with Gasteiger partial charge in [-0.25, -0.2) is 4.98 Å². The minimum absolute atomic E-state index is 0.0708. The fourth-order valence-corrected chi connectivity index (χ4v) is 3.96. The van der Waals surface area contributed by atoms with Gasteiger partial charge in [0, 0.05) is 22.6 Å². The van der Waals surface area contributed by atoms with Gasteiger partial charge >= 0.3 is 0 Å². The molecule has 0 spiro atoms. The number of nitrogens with zero attached hydrogens (tertiary/aromatic N) is 1. The summed E-state index contributed by atoms with van der Waals surface area (Å²) in [5.41, 5.74) is 3.62. The highest BCUT2D eigenvalue weighted by atomic mass is 32.1. The fraction of sp³-hybridized carbons (Fsp3) is 0.471. The van der Waals surface area contributed by atoms with E-state index in [1.165, 1.54) is 11.3 Å². The standard InChI is InChI=1S/C17H21N3O2S/c1-8-13-11(6-17(4,5)7-12(13)21)19-14(8)15(22)20-16-18-9(2)10(3)23-16/h19H,6-7H2,1-5H3,(H,18,20,22). The van der Waals surface area contributed by atoms with E-state index in [9.17, 15) is 9.59 Å². The van der Waals surface area contributed by atoms with E-state index in [0.29, 0.717) is 22.8 Å². The number of rotatable bonds is 2. The van der Waals surface area contributed by atoms with Gasteiger partial charge in [0.1, 0.15) is 5.69 Å². The number of nitrogens with one attached hydrogen (secondary N) is 2. The zero-order chi connectivity index (χ0) is 16.9. The number of Topliss-reactive ketones (excluding diaryl/α,β-unsaturated/α-hetero) is 1. The predicted molar refractivity (Wildman–Crippen MR) is 91.5 cm³/mol. The van der Waals surface area contributed by atoms with Crippen LogP contribution in [0.5, 0.6) is 0 Å². The van der Waals surface area contributed by atoms with Crippen molar-refractivity contribution in [2.75, 3.05) is 5.32 Å². The number of amides is 1. The first-order chi connectivity index (χ1) is 10.7. The third kappa shape index (κ3) is 2.83. The summed E-state index contributed by atoms with van der Waals surface area (Å²) in [6, 6.07) is 0. The van der Waals surface area contributed by atoms with Crippen molar-refractivity contribution < 1.29 is 9.59 Å². The Kier molecular flexibility index (Phi) is 3.67. The van der Waals surface area contributed by atoms with Crippen LogP contribution >= 0.6 is 11.3 Å². The lowest BCUT2D eigenvalue weighted by molar-refractivity contribution is 0.0910. The zero-order valence-corrected chi connectivity index (χ0v) is 14.9. The van der Waals surface area contributed by atoms with Gasteiger partial charge in [-0.1, -0.05) is 13.8 Å². The summed E-state index contributed by atoms with van der Waals surface area (Å²) in [5, 5.41) is 3.42. The van der Waals surface area contributed by atoms with E-state index in [-0.39, 0.29) is 17.1 Å². The molecule has 1 amide bonds. The lowest BCUT2D eigenvalue weighted by Crippen LogP contribution is -2.26. The predicted octanol–water partition coefficient (Wildman–Crippen LogP) is 3.80. The number of carbonyl (C=O) groups excluding carboxylic acids is 2. The maximum absolute atomic E-state index is 12.6. The van der Waals surface area contributed by atoms with Gasteiger partial charge in [-0.05, 0) is 38.2 Å². The molecule has 1 aliphatic carbocycles. The van der Waals surface area contributed by atoms with Gasteiger partial charge in [-0.15, -0.1) is 11.3 Å². The average molecular weight is 331 g/mol. The molecule has 2 N–H and O–H groups in total. The third-order valence-corrected chi connectivity index (χ3v) is 5.37. The fourth-order valence-electron chi connectivity index (χ4n) is 3.15. The number of hydrogen-bond donors (Lipinski definition) is 2. The van der Waals surface area contributed by atoms with Crippen LogP contribution in [0.2, 0.25) is 0 Å². The first-order valence-corrected chi connectivity index (χ1v) is 8.49. The smallest absolute Gasteiger partial charge is 0.274 e. The van der Waals surface area contributed by atoms with Crippen LogP contribution in [0.4, 0.5) is 5.13 Å². The Balaban J connectivity index is 1.92. The van der Waals surface area contributed by atoms with Crippen molar-refractivity contribution in [2.24, 2.45) is 5.41 Å². The number of aromatic amines is 1. The first kappa shape index (κ1) is 15.9. The molecule has 2 heterocycles. The van der Waals surface area contributed by atoms with E-state index in [1.807, 2.05) is 20.8 Å². The van der Waals surface area contributed by atoms with Gasteiger partial charge in [0.2, 0.25) is 0 Å². The van der Waals surface area contributed by atoms with Gasteiger partial charge in [-0.3, -0.25) is 14.9 Å². The highest BCUT2D eigenvalue weighted by Gasteiger charge is 2.35. The Labute approximate surface area is 139 Å². The molecule has 122 valence electrons. The largest absolute Gasteiger partial charge is 0.354 e. The van der Waals surface area contributed by atoms with E-state index in [2.05, 4.69) is 29.1 Å². The second kappa shape index (κ2) is 5.30. The molecule has 0 unspecified atom stereocenters. The lowest BCUT2D eigenvalue weighted by Gasteiger charge is -2.28. The van der Waals surface area contributed by atoms with Crippen LogP contribution in [0, 0.1) is 26.2 Å². The van der Waals surface area contributed by atoms with Crippen LogP contribution in [-0.2, 0) is 6.42 Å². The highest BCUT2D eigenvalue weighted by molar-refractivity contribution is 7.15. The van der Waals surface area contributed by atoms with Crippen LogP contribution in [0.1, 0.15) is 62.9 Å². The molecule has 0 aromatic carbocycles. The van der Waals surface area contributed by atoms with Crippen molar-refractivity contribution in [3.63, 3.8) is 0 Å². The molecule has 23 heavy (non-hydrogen) atoms. The topological polar surface area (TPSA) is 74.8 Å². The summed E-state index contributed by atoms with van der Waals surface area (Å²) in [6.07, 6.45) is 1.29. The van der Waals surface area contributed by atoms with Gasteiger partial charge < -0.3 is 4.98 Å². The third-order valence-electron chi connectivity index (χ3n) is 4.38. The minimum atomic E-state index is -0.240. The maximum atomic E-state index is 12.6. The molecule has 0 saturated carbocycles. The number of thiazole rings is 1. The second-order valence-electron chi connectivity index (χ2n) is 7.03. The molecule has 5 nitrogen and oxygen atoms in total. The molecule has 3 rings (SSSR count). The molecule has 0 aliphatic heterocycles. The van der Waals surface area contributed by atoms with Crippen LogP contribution in [0.25, 0.3) is 0 Å². The van der Waals surface area contributed by atoms with Crippen molar-refractivity contribution in [1.82, 2.24) is 9.97 Å². The highest BCUT2D eigenvalue weighted by Crippen LogP contribution is 2.36. The van der Waals surface area contributed by atoms with Gasteiger partial charge in [0.05, 0.1) is 5.69 Å². The van der Waals surface area contributed by atoms with E-state index >= 15 is 0 Å². The molecular weight excluding hydrogens is 310 g/mol. The van der Waals surface area contributed by atoms with Crippen molar-refractivity contribution in [1.29, 1.82) is 0 Å². The Morgan fingerprint density at radius 2 is 1.96 bits per heavy atom. The summed E-state index contributed by atoms with van der Waals surface area (Å²) in [4.78, 5) is 33.5. The summed E-state index contributed by atoms with van der Waals surface area (Å²) in [5.74, 6) is -0.124. The first-order valence-electron chi connectivity index (χ1n) is 7.68. The number of ketones is 1. The van der Waals surface area contributed by atoms with E-state index in [4.69, 9.17) is 0 Å². The molecule has 1 aliphatic rings. The number of aryl methyl sites for hydroxylation is 2. The molecular formula is C17H21N3O2S. The van der Waals surface area contributed by atoms with E-state index in [1.54, 1.807) is 0 Å². The molecule has 2 aromatic heterocycles. The lowest BCUT2D eigenvalue weighted by atomic mass is 9.75. The van der Waals surface area contributed by atoms with Gasteiger partial charge in [0.25, 0.3) is 5.91 Å². The van der Waals surface area contributed by atoms with E-state index in [0.717, 1.165) is 28.2 Å². The van der Waals surface area contributed by atoms with Crippen molar-refractivity contribution in [2.45, 2.75) is 47.5 Å². The van der Waals surface area contributed by atoms with Gasteiger partial charge in [-0.2, -0.15) is 0 Å². The van der Waals surface area contributed by atoms with Crippen molar-refractivity contribution >= 4 is 28.2 Å². The molecule has 0 radical (unpaired) electrons. The number of aromatic nitrogens is 2. The van der Waals surface area contributed by atoms with Crippen LogP contribution in [-0.4, -0.2) is 21.7 Å². The quantitative estimate of drug-likeness (QED) is 0.879. The van der Waals surface area contributed by atoms with E-state index < -0.39 is 0 Å². The Hall–Kier alpha value is -1.95. The number of anilines is 1. The Morgan fingerprint density at radius 1 is 1.26 bits per heavy atom. The second-order valence-corrected chi connectivity index (χ2v) is 8.24. The summed E-state index contributed by atoms with van der Waals surface area (Å²) < 4.78 is 0. The van der Waals surface area contributed by atoms with Crippen molar-refractivity contribution in [3.8, 4) is 0 Å². The Bertz CT molecular complexity index is 795. The average Bonchev–Trinajstić information content (AvgIpc) is 2.89. The molecule has 0 bridgehead atoms. The minimum Gasteiger partial charge on any atom is -0.354 e. The monoisotopic (exact) mass is 331 g/mol. The van der Waals surface area contributed by atoms with Crippen LogP contribution in [0.15, 0.2) is 0 Å². The van der Waals surface area contributed by atoms with Crippen LogP contribution in [0.3, 0.4) is 0 Å². The Morgan fingerprint density at radius 3 is 2.57 bits per heavy atom. The number of fused-ring (bicyclic) bond motifs is 1.